The molecule has 14 heteroatoms. The molecule has 0 aromatic carbocycles. The lowest BCUT2D eigenvalue weighted by atomic mass is 10.0. The molecule has 0 heterocycles. The van der Waals surface area contributed by atoms with Gasteiger partial charge < -0.3 is 42.1 Å². The Morgan fingerprint density at radius 1 is 0.735 bits per heavy atom. The van der Waals surface area contributed by atoms with Crippen molar-refractivity contribution in [3.05, 3.63) is 0 Å². The molecule has 0 saturated carbocycles. The maximum atomic E-state index is 12.8. The van der Waals surface area contributed by atoms with E-state index in [1.54, 1.807) is 13.8 Å². The first kappa shape index (κ1) is 30.7. The largest absolute Gasteiger partial charge is 0.481 e. The average molecular weight is 491 g/mol. The van der Waals surface area contributed by atoms with Crippen LogP contribution < -0.4 is 21.7 Å². The third kappa shape index (κ3) is 12.1. The van der Waals surface area contributed by atoms with Gasteiger partial charge in [-0.05, 0) is 32.1 Å². The molecule has 0 rings (SSSR count). The maximum absolute atomic E-state index is 12.8. The van der Waals surface area contributed by atoms with E-state index in [9.17, 15) is 39.0 Å². The number of aliphatic hydroxyl groups excluding tert-OH is 1. The summed E-state index contributed by atoms with van der Waals surface area (Å²) in [4.78, 5) is 70.3. The van der Waals surface area contributed by atoms with Crippen molar-refractivity contribution in [2.75, 3.05) is 0 Å². The number of hydrogen-bond donors (Lipinski definition) is 8. The van der Waals surface area contributed by atoms with Gasteiger partial charge in [-0.2, -0.15) is 0 Å². The first-order chi connectivity index (χ1) is 15.6. The fraction of sp³-hybridized carbons (Fsp3) is 0.700. The van der Waals surface area contributed by atoms with Crippen LogP contribution in [0.4, 0.5) is 0 Å². The number of carbonyl (C=O) groups excluding carboxylic acids is 3. The molecule has 5 atom stereocenters. The number of aliphatic carboxylic acids is 3. The molecule has 14 nitrogen and oxygen atoms in total. The maximum Gasteiger partial charge on any atom is 0.326 e. The van der Waals surface area contributed by atoms with E-state index in [4.69, 9.17) is 15.9 Å². The highest BCUT2D eigenvalue weighted by atomic mass is 16.4. The summed E-state index contributed by atoms with van der Waals surface area (Å²) in [5, 5.41) is 43.4. The highest BCUT2D eigenvalue weighted by Crippen LogP contribution is 2.08. The van der Waals surface area contributed by atoms with Crippen LogP contribution in [0.25, 0.3) is 0 Å². The zero-order valence-electron chi connectivity index (χ0n) is 19.3. The monoisotopic (exact) mass is 490 g/mol. The Kier molecular flexibility index (Phi) is 13.4. The van der Waals surface area contributed by atoms with Crippen molar-refractivity contribution in [3.63, 3.8) is 0 Å². The van der Waals surface area contributed by atoms with Crippen molar-refractivity contribution in [2.24, 2.45) is 11.7 Å². The van der Waals surface area contributed by atoms with Crippen molar-refractivity contribution in [2.45, 2.75) is 83.1 Å². The van der Waals surface area contributed by atoms with Crippen LogP contribution in [-0.4, -0.2) is 86.3 Å². The number of carboxylic acid groups (broad SMARTS) is 3. The van der Waals surface area contributed by atoms with Crippen molar-refractivity contribution in [3.8, 4) is 0 Å². The van der Waals surface area contributed by atoms with E-state index in [1.807, 2.05) is 0 Å². The molecule has 194 valence electrons. The number of carboxylic acids is 3. The summed E-state index contributed by atoms with van der Waals surface area (Å²) >= 11 is 0. The van der Waals surface area contributed by atoms with Gasteiger partial charge in [0.1, 0.15) is 18.1 Å². The minimum absolute atomic E-state index is 0.0995. The number of carbonyl (C=O) groups is 6. The minimum Gasteiger partial charge on any atom is -0.481 e. The third-order valence-electron chi connectivity index (χ3n) is 4.67. The van der Waals surface area contributed by atoms with E-state index in [2.05, 4.69) is 16.0 Å². The molecule has 0 radical (unpaired) electrons. The summed E-state index contributed by atoms with van der Waals surface area (Å²) < 4.78 is 0. The molecule has 3 amide bonds. The van der Waals surface area contributed by atoms with E-state index in [0.717, 1.165) is 0 Å². The first-order valence-electron chi connectivity index (χ1n) is 10.7. The predicted molar refractivity (Wildman–Crippen MR) is 116 cm³/mol. The van der Waals surface area contributed by atoms with Crippen molar-refractivity contribution < 1.29 is 49.2 Å². The summed E-state index contributed by atoms with van der Waals surface area (Å²) in [5.41, 5.74) is 5.67. The average Bonchev–Trinajstić information content (AvgIpc) is 2.71. The lowest BCUT2D eigenvalue weighted by Gasteiger charge is -2.27. The van der Waals surface area contributed by atoms with Gasteiger partial charge >= 0.3 is 17.9 Å². The number of nitrogens with one attached hydrogen (secondary N) is 3. The second-order valence-electron chi connectivity index (χ2n) is 8.29. The Bertz CT molecular complexity index is 756. The van der Waals surface area contributed by atoms with Gasteiger partial charge in [-0.1, -0.05) is 13.8 Å². The second kappa shape index (κ2) is 14.8. The Morgan fingerprint density at radius 3 is 1.68 bits per heavy atom. The molecule has 0 aliphatic heterocycles. The zero-order chi connectivity index (χ0) is 26.6. The highest BCUT2D eigenvalue weighted by molar-refractivity contribution is 5.94. The highest BCUT2D eigenvalue weighted by Gasteiger charge is 2.33. The first-order valence-corrected chi connectivity index (χ1v) is 10.7. The van der Waals surface area contributed by atoms with Gasteiger partial charge in [-0.3, -0.25) is 24.0 Å². The molecule has 0 aliphatic rings. The summed E-state index contributed by atoms with van der Waals surface area (Å²) in [6.07, 6.45) is -2.82. The van der Waals surface area contributed by atoms with Crippen LogP contribution in [0.1, 0.15) is 52.9 Å². The molecule has 0 aromatic rings. The van der Waals surface area contributed by atoms with Gasteiger partial charge in [0, 0.05) is 12.8 Å². The summed E-state index contributed by atoms with van der Waals surface area (Å²) in [7, 11) is 0. The van der Waals surface area contributed by atoms with Crippen molar-refractivity contribution in [1.29, 1.82) is 0 Å². The second-order valence-corrected chi connectivity index (χ2v) is 8.29. The molecule has 5 unspecified atom stereocenters. The molecule has 34 heavy (non-hydrogen) atoms. The molecule has 0 aliphatic carbocycles. The van der Waals surface area contributed by atoms with Gasteiger partial charge in [-0.25, -0.2) is 4.79 Å². The van der Waals surface area contributed by atoms with Crippen LogP contribution in [0.2, 0.25) is 0 Å². The molecule has 0 aromatic heterocycles. The molecular weight excluding hydrogens is 456 g/mol. The fourth-order valence-corrected chi connectivity index (χ4v) is 2.84. The van der Waals surface area contributed by atoms with E-state index in [1.165, 1.54) is 6.92 Å². The normalized spacial score (nSPS) is 15.4. The molecule has 0 fully saturated rings. The van der Waals surface area contributed by atoms with E-state index < -0.39 is 78.7 Å². The van der Waals surface area contributed by atoms with Crippen LogP contribution in [0.3, 0.4) is 0 Å². The predicted octanol–water partition coefficient (Wildman–Crippen LogP) is -1.99. The Hall–Kier alpha value is -3.26. The summed E-state index contributed by atoms with van der Waals surface area (Å²) in [5.74, 6) is -6.70. The number of aliphatic hydroxyl groups is 1. The van der Waals surface area contributed by atoms with Crippen LogP contribution in [0.5, 0.6) is 0 Å². The van der Waals surface area contributed by atoms with E-state index in [-0.39, 0.29) is 25.2 Å². The number of hydrogen-bond acceptors (Lipinski definition) is 8. The van der Waals surface area contributed by atoms with Gasteiger partial charge in [0.2, 0.25) is 17.7 Å². The van der Waals surface area contributed by atoms with Crippen molar-refractivity contribution >= 4 is 35.6 Å². The van der Waals surface area contributed by atoms with Gasteiger partial charge in [-0.15, -0.1) is 0 Å². The topological polar surface area (TPSA) is 245 Å². The Morgan fingerprint density at radius 2 is 1.24 bits per heavy atom. The van der Waals surface area contributed by atoms with E-state index >= 15 is 0 Å². The number of amides is 3. The van der Waals surface area contributed by atoms with Gasteiger partial charge in [0.05, 0.1) is 12.1 Å². The van der Waals surface area contributed by atoms with Crippen LogP contribution in [0, 0.1) is 5.92 Å². The van der Waals surface area contributed by atoms with Gasteiger partial charge in [0.15, 0.2) is 0 Å². The lowest BCUT2D eigenvalue weighted by molar-refractivity contribution is -0.144. The Balaban J connectivity index is 5.40. The van der Waals surface area contributed by atoms with E-state index in [0.29, 0.717) is 0 Å². The smallest absolute Gasteiger partial charge is 0.326 e. The van der Waals surface area contributed by atoms with Crippen LogP contribution >= 0.6 is 0 Å². The molecule has 0 bridgehead atoms. The van der Waals surface area contributed by atoms with Crippen LogP contribution in [-0.2, 0) is 28.8 Å². The number of nitrogens with two attached hydrogens (primary N) is 1. The zero-order valence-corrected chi connectivity index (χ0v) is 19.3. The fourth-order valence-electron chi connectivity index (χ4n) is 2.84. The lowest BCUT2D eigenvalue weighted by Crippen LogP contribution is -2.60. The number of rotatable bonds is 16. The molecule has 0 spiro atoms. The van der Waals surface area contributed by atoms with Crippen LogP contribution in [0.15, 0.2) is 0 Å². The Labute approximate surface area is 196 Å². The summed E-state index contributed by atoms with van der Waals surface area (Å²) in [6.45, 7) is 4.69. The third-order valence-corrected chi connectivity index (χ3v) is 4.67. The summed E-state index contributed by atoms with van der Waals surface area (Å²) in [6, 6.07) is -5.55. The van der Waals surface area contributed by atoms with Crippen molar-refractivity contribution in [1.82, 2.24) is 16.0 Å². The molecular formula is C20H34N4O10. The molecule has 9 N–H and O–H groups in total. The van der Waals surface area contributed by atoms with Gasteiger partial charge in [0.25, 0.3) is 0 Å². The standard InChI is InChI=1S/C20H34N4O10/c1-9(2)8-13(23-17(30)11(21)4-6-14(26)27)18(31)24-16(10(3)25)19(32)22-12(20(33)34)5-7-15(28)29/h9-13,16,25H,4-8,21H2,1-3H3,(H,22,32)(H,23,30)(H,24,31)(H,26,27)(H,28,29)(H,33,34). The molecule has 0 saturated heterocycles. The quantitative estimate of drug-likeness (QED) is 0.118. The SMILES string of the molecule is CC(C)CC(NC(=O)C(N)CCC(=O)O)C(=O)NC(C(=O)NC(CCC(=O)O)C(=O)O)C(C)O. The minimum atomic E-state index is -1.61.